The molecule has 22 heavy (non-hydrogen) atoms. The maximum atomic E-state index is 12.4. The summed E-state index contributed by atoms with van der Waals surface area (Å²) in [7, 11) is 0. The number of fused-ring (bicyclic) bond motifs is 1. The number of hydrogen-bond acceptors (Lipinski definition) is 5. The van der Waals surface area contributed by atoms with E-state index in [1.54, 1.807) is 6.92 Å². The molecule has 0 aromatic heterocycles. The molecule has 3 atom stereocenters. The zero-order valence-corrected chi connectivity index (χ0v) is 13.6. The van der Waals surface area contributed by atoms with Crippen LogP contribution in [0.2, 0.25) is 0 Å². The Morgan fingerprint density at radius 1 is 1.32 bits per heavy atom. The minimum Gasteiger partial charge on any atom is -0.459 e. The number of ether oxygens (including phenoxy) is 1. The third-order valence-corrected chi connectivity index (χ3v) is 3.58. The van der Waals surface area contributed by atoms with E-state index in [9.17, 15) is 9.59 Å². The van der Waals surface area contributed by atoms with Gasteiger partial charge in [0.15, 0.2) is 5.78 Å². The first-order chi connectivity index (χ1) is 10.2. The Morgan fingerprint density at radius 2 is 1.95 bits per heavy atom. The van der Waals surface area contributed by atoms with E-state index < -0.39 is 23.7 Å². The predicted octanol–water partition coefficient (Wildman–Crippen LogP) is 1.50. The van der Waals surface area contributed by atoms with Gasteiger partial charge in [-0.25, -0.2) is 0 Å². The predicted molar refractivity (Wildman–Crippen MR) is 84.3 cm³/mol. The lowest BCUT2D eigenvalue weighted by molar-refractivity contribution is -0.158. The second-order valence-electron chi connectivity index (χ2n) is 6.78. The van der Waals surface area contributed by atoms with Crippen LogP contribution in [0.3, 0.4) is 0 Å². The molecule has 0 saturated heterocycles. The molecule has 5 heteroatoms. The fourth-order valence-corrected chi connectivity index (χ4v) is 2.59. The van der Waals surface area contributed by atoms with E-state index in [1.165, 1.54) is 0 Å². The molecule has 0 spiro atoms. The fraction of sp³-hybridized carbons (Fsp3) is 0.529. The summed E-state index contributed by atoms with van der Waals surface area (Å²) < 4.78 is 5.44. The molecule has 0 amide bonds. The highest BCUT2D eigenvalue weighted by Crippen LogP contribution is 2.27. The lowest BCUT2D eigenvalue weighted by Crippen LogP contribution is -2.51. The number of esters is 1. The molecule has 5 nitrogen and oxygen atoms in total. The van der Waals surface area contributed by atoms with Crippen LogP contribution in [0, 0.1) is 0 Å². The van der Waals surface area contributed by atoms with Crippen molar-refractivity contribution >= 4 is 11.8 Å². The molecule has 2 unspecified atom stereocenters. The Hall–Kier alpha value is -1.72. The van der Waals surface area contributed by atoms with E-state index in [4.69, 9.17) is 10.5 Å². The van der Waals surface area contributed by atoms with Crippen molar-refractivity contribution in [1.82, 2.24) is 5.32 Å². The highest BCUT2D eigenvalue weighted by molar-refractivity contribution is 5.91. The van der Waals surface area contributed by atoms with E-state index in [1.807, 2.05) is 45.0 Å². The van der Waals surface area contributed by atoms with Crippen LogP contribution in [0.5, 0.6) is 0 Å². The van der Waals surface area contributed by atoms with Gasteiger partial charge in [0.05, 0.1) is 12.1 Å². The molecule has 2 rings (SSSR count). The number of rotatable bonds is 3. The molecule has 1 aliphatic heterocycles. The molecular formula is C17H24N2O3. The molecule has 1 aromatic rings. The standard InChI is InChI=1S/C17H24N2O3/c1-10(18)15(20)14-12-8-6-5-7-11(12)9-13(19-14)16(21)22-17(2,3)4/h5-8,10,13-14,19H,9,18H2,1-4H3/t10-,13?,14?/m0/s1. The molecular weight excluding hydrogens is 280 g/mol. The number of benzene rings is 1. The second-order valence-corrected chi connectivity index (χ2v) is 6.78. The molecule has 120 valence electrons. The number of hydrogen-bond donors (Lipinski definition) is 2. The minimum absolute atomic E-state index is 0.124. The number of nitrogens with two attached hydrogens (primary N) is 1. The Kier molecular flexibility index (Phi) is 4.68. The van der Waals surface area contributed by atoms with Crippen molar-refractivity contribution < 1.29 is 14.3 Å². The van der Waals surface area contributed by atoms with Gasteiger partial charge < -0.3 is 10.5 Å². The molecule has 3 N–H and O–H groups in total. The maximum Gasteiger partial charge on any atom is 0.324 e. The average Bonchev–Trinajstić information content (AvgIpc) is 2.43. The van der Waals surface area contributed by atoms with Gasteiger partial charge in [0.2, 0.25) is 0 Å². The first-order valence-electron chi connectivity index (χ1n) is 7.55. The van der Waals surface area contributed by atoms with Crippen molar-refractivity contribution in [2.24, 2.45) is 5.73 Å². The summed E-state index contributed by atoms with van der Waals surface area (Å²) >= 11 is 0. The summed E-state index contributed by atoms with van der Waals surface area (Å²) in [6.45, 7) is 7.13. The van der Waals surface area contributed by atoms with Crippen molar-refractivity contribution in [3.63, 3.8) is 0 Å². The fourth-order valence-electron chi connectivity index (χ4n) is 2.59. The smallest absolute Gasteiger partial charge is 0.324 e. The summed E-state index contributed by atoms with van der Waals surface area (Å²) in [6, 6.07) is 5.93. The Morgan fingerprint density at radius 3 is 2.55 bits per heavy atom. The van der Waals surface area contributed by atoms with Gasteiger partial charge in [0.25, 0.3) is 0 Å². The SMILES string of the molecule is C[C@H](N)C(=O)C1NC(C(=O)OC(C)(C)C)Cc2ccccc21. The van der Waals surface area contributed by atoms with Crippen LogP contribution in [0.15, 0.2) is 24.3 Å². The van der Waals surface area contributed by atoms with Crippen LogP contribution < -0.4 is 11.1 Å². The highest BCUT2D eigenvalue weighted by Gasteiger charge is 2.36. The normalized spacial score (nSPS) is 22.6. The quantitative estimate of drug-likeness (QED) is 0.827. The van der Waals surface area contributed by atoms with E-state index >= 15 is 0 Å². The molecule has 0 bridgehead atoms. The maximum absolute atomic E-state index is 12.4. The van der Waals surface area contributed by atoms with Gasteiger partial charge in [0.1, 0.15) is 11.6 Å². The second kappa shape index (κ2) is 6.18. The van der Waals surface area contributed by atoms with E-state index in [0.717, 1.165) is 11.1 Å². The van der Waals surface area contributed by atoms with E-state index in [-0.39, 0.29) is 11.8 Å². The number of carbonyl (C=O) groups excluding carboxylic acids is 2. The van der Waals surface area contributed by atoms with Crippen LogP contribution in [0.25, 0.3) is 0 Å². The van der Waals surface area contributed by atoms with Gasteiger partial charge in [-0.15, -0.1) is 0 Å². The van der Waals surface area contributed by atoms with Crippen molar-refractivity contribution in [2.75, 3.05) is 0 Å². The summed E-state index contributed by atoms with van der Waals surface area (Å²) in [5.41, 5.74) is 7.06. The van der Waals surface area contributed by atoms with Crippen LogP contribution in [-0.4, -0.2) is 29.4 Å². The zero-order chi connectivity index (χ0) is 16.5. The largest absolute Gasteiger partial charge is 0.459 e. The lowest BCUT2D eigenvalue weighted by Gasteiger charge is -2.33. The van der Waals surface area contributed by atoms with Gasteiger partial charge >= 0.3 is 5.97 Å². The van der Waals surface area contributed by atoms with Crippen LogP contribution >= 0.6 is 0 Å². The summed E-state index contributed by atoms with van der Waals surface area (Å²) in [4.78, 5) is 24.7. The van der Waals surface area contributed by atoms with E-state index in [2.05, 4.69) is 5.32 Å². The molecule has 0 fully saturated rings. The summed E-state index contributed by atoms with van der Waals surface area (Å²) in [6.07, 6.45) is 0.508. The lowest BCUT2D eigenvalue weighted by atomic mass is 9.87. The number of ketones is 1. The van der Waals surface area contributed by atoms with Crippen molar-refractivity contribution in [2.45, 2.75) is 57.8 Å². The number of carbonyl (C=O) groups is 2. The number of Topliss-reactive ketones (excluding diaryl/α,β-unsaturated/α-hetero) is 1. The van der Waals surface area contributed by atoms with Gasteiger partial charge in [0, 0.05) is 0 Å². The minimum atomic E-state index is -0.594. The van der Waals surface area contributed by atoms with Crippen LogP contribution in [0.1, 0.15) is 44.9 Å². The first kappa shape index (κ1) is 16.6. The Balaban J connectivity index is 2.28. The summed E-state index contributed by atoms with van der Waals surface area (Å²) in [5.74, 6) is -0.467. The monoisotopic (exact) mass is 304 g/mol. The first-order valence-corrected chi connectivity index (χ1v) is 7.55. The summed E-state index contributed by atoms with van der Waals surface area (Å²) in [5, 5.41) is 3.11. The Bertz CT molecular complexity index is 576. The van der Waals surface area contributed by atoms with Crippen molar-refractivity contribution in [3.05, 3.63) is 35.4 Å². The van der Waals surface area contributed by atoms with Crippen molar-refractivity contribution in [1.29, 1.82) is 0 Å². The van der Waals surface area contributed by atoms with Gasteiger partial charge in [-0.05, 0) is 45.2 Å². The molecule has 1 heterocycles. The molecule has 0 aliphatic carbocycles. The topological polar surface area (TPSA) is 81.4 Å². The highest BCUT2D eigenvalue weighted by atomic mass is 16.6. The molecule has 1 aliphatic rings. The molecule has 0 radical (unpaired) electrons. The van der Waals surface area contributed by atoms with E-state index in [0.29, 0.717) is 6.42 Å². The third kappa shape index (κ3) is 3.72. The van der Waals surface area contributed by atoms with Crippen LogP contribution in [-0.2, 0) is 20.7 Å². The Labute approximate surface area is 131 Å². The van der Waals surface area contributed by atoms with Crippen LogP contribution in [0.4, 0.5) is 0 Å². The van der Waals surface area contributed by atoms with Gasteiger partial charge in [-0.3, -0.25) is 14.9 Å². The molecule has 1 aromatic carbocycles. The van der Waals surface area contributed by atoms with Crippen molar-refractivity contribution in [3.8, 4) is 0 Å². The molecule has 0 saturated carbocycles. The third-order valence-electron chi connectivity index (χ3n) is 3.58. The van der Waals surface area contributed by atoms with Gasteiger partial charge in [-0.1, -0.05) is 24.3 Å². The zero-order valence-electron chi connectivity index (χ0n) is 13.6. The van der Waals surface area contributed by atoms with Gasteiger partial charge in [-0.2, -0.15) is 0 Å². The average molecular weight is 304 g/mol. The number of nitrogens with one attached hydrogen (secondary N) is 1.